The van der Waals surface area contributed by atoms with Crippen LogP contribution in [-0.4, -0.2) is 58.3 Å². The van der Waals surface area contributed by atoms with Gasteiger partial charge >= 0.3 is 0 Å². The predicted octanol–water partition coefficient (Wildman–Crippen LogP) is 1.49. The molecule has 1 spiro atoms. The fourth-order valence-corrected chi connectivity index (χ4v) is 6.67. The fraction of sp³-hybridized carbons (Fsp3) is 0.533. The van der Waals surface area contributed by atoms with E-state index in [4.69, 9.17) is 5.73 Å². The lowest BCUT2D eigenvalue weighted by Gasteiger charge is -2.28. The molecule has 2 saturated heterocycles. The minimum absolute atomic E-state index is 0.0911. The Labute approximate surface area is 217 Å². The van der Waals surface area contributed by atoms with Crippen molar-refractivity contribution in [3.63, 3.8) is 0 Å². The topological polar surface area (TPSA) is 94.5 Å². The standard InChI is InChI=1S/C30H37N5O2/c31-13-9-24-16-32-26-8-7-23(15-25(24)26)20-1-3-21(4-2-20)27-33-30(11-12-30)29(37)35(27)18-19-10-14-34(17-19)28(36)22-5-6-22/h1-4,8,15-16,19,22-23,27,32-33H,5-7,9-14,17-18,31H2/t19-,23?,27?/m1/s1. The van der Waals surface area contributed by atoms with Crippen LogP contribution in [-0.2, 0) is 16.0 Å². The van der Waals surface area contributed by atoms with Crippen LogP contribution in [0, 0.1) is 11.8 Å². The van der Waals surface area contributed by atoms with Gasteiger partial charge in [-0.15, -0.1) is 0 Å². The number of nitrogens with zero attached hydrogens (tertiary/aromatic N) is 2. The molecule has 2 unspecified atom stereocenters. The molecule has 1 aromatic heterocycles. The summed E-state index contributed by atoms with van der Waals surface area (Å²) in [5.41, 5.74) is 9.19. The van der Waals surface area contributed by atoms with E-state index in [1.165, 1.54) is 21.7 Å². The number of nitrogens with two attached hydrogens (primary N) is 1. The summed E-state index contributed by atoms with van der Waals surface area (Å²) in [5, 5.41) is 6.19. The van der Waals surface area contributed by atoms with Crippen LogP contribution >= 0.6 is 0 Å². The van der Waals surface area contributed by atoms with Crippen molar-refractivity contribution < 1.29 is 9.59 Å². The van der Waals surface area contributed by atoms with Gasteiger partial charge < -0.3 is 20.5 Å². The van der Waals surface area contributed by atoms with Crippen LogP contribution < -0.4 is 21.6 Å². The molecule has 1 aromatic carbocycles. The molecular weight excluding hydrogens is 462 g/mol. The molecule has 4 N–H and O–H groups in total. The third kappa shape index (κ3) is 4.12. The predicted molar refractivity (Wildman–Crippen MR) is 142 cm³/mol. The van der Waals surface area contributed by atoms with Gasteiger partial charge in [-0.3, -0.25) is 14.9 Å². The SMILES string of the molecule is NCCc1c[nH]c2c1=CC(c1ccc(C3NC4(CC4)C(=O)N3C[C@@H]3CCN(C(=O)C4CC4)C3)cc1)CC=2. The molecule has 7 heteroatoms. The first kappa shape index (κ1) is 23.2. The zero-order valence-electron chi connectivity index (χ0n) is 21.4. The minimum Gasteiger partial charge on any atom is -0.361 e. The zero-order chi connectivity index (χ0) is 25.1. The first-order valence-electron chi connectivity index (χ1n) is 14.1. The van der Waals surface area contributed by atoms with E-state index in [0.717, 1.165) is 70.1 Å². The maximum atomic E-state index is 13.4. The number of hydrogen-bond donors (Lipinski definition) is 3. The number of aromatic nitrogens is 1. The van der Waals surface area contributed by atoms with Gasteiger partial charge in [0.25, 0.3) is 0 Å². The second kappa shape index (κ2) is 8.84. The summed E-state index contributed by atoms with van der Waals surface area (Å²) in [6, 6.07) is 8.87. The lowest BCUT2D eigenvalue weighted by Crippen LogP contribution is -2.37. The minimum atomic E-state index is -0.359. The van der Waals surface area contributed by atoms with Gasteiger partial charge in [-0.25, -0.2) is 0 Å². The maximum Gasteiger partial charge on any atom is 0.244 e. The van der Waals surface area contributed by atoms with Crippen molar-refractivity contribution in [1.82, 2.24) is 20.1 Å². The average Bonchev–Trinajstić information content (AvgIpc) is 3.82. The number of carbonyl (C=O) groups is 2. The van der Waals surface area contributed by atoms with Crippen LogP contribution in [0.2, 0.25) is 0 Å². The number of H-pyrrole nitrogens is 1. The van der Waals surface area contributed by atoms with E-state index in [1.54, 1.807) is 0 Å². The molecule has 2 amide bonds. The largest absolute Gasteiger partial charge is 0.361 e. The first-order chi connectivity index (χ1) is 18.0. The van der Waals surface area contributed by atoms with Gasteiger partial charge in [0.2, 0.25) is 11.8 Å². The van der Waals surface area contributed by atoms with Crippen LogP contribution in [0.3, 0.4) is 0 Å². The number of benzene rings is 1. The molecule has 37 heavy (non-hydrogen) atoms. The highest BCUT2D eigenvalue weighted by Crippen LogP contribution is 2.46. The molecule has 5 aliphatic rings. The Hall–Kier alpha value is -2.90. The molecule has 3 aliphatic carbocycles. The number of carbonyl (C=O) groups excluding carboxylic acids is 2. The highest BCUT2D eigenvalue weighted by atomic mass is 16.2. The third-order valence-corrected chi connectivity index (χ3v) is 9.20. The van der Waals surface area contributed by atoms with Gasteiger partial charge in [-0.1, -0.05) is 36.4 Å². The molecule has 2 aliphatic heterocycles. The second-order valence-corrected chi connectivity index (χ2v) is 11.9. The maximum absolute atomic E-state index is 13.4. The summed E-state index contributed by atoms with van der Waals surface area (Å²) >= 11 is 0. The number of aromatic amines is 1. The van der Waals surface area contributed by atoms with Crippen molar-refractivity contribution in [1.29, 1.82) is 0 Å². The summed E-state index contributed by atoms with van der Waals surface area (Å²) in [6.07, 6.45) is 13.5. The van der Waals surface area contributed by atoms with E-state index < -0.39 is 0 Å². The van der Waals surface area contributed by atoms with Gasteiger partial charge in [0, 0.05) is 43.0 Å². The van der Waals surface area contributed by atoms with Crippen LogP contribution in [0.15, 0.2) is 30.5 Å². The molecule has 194 valence electrons. The molecule has 4 fully saturated rings. The second-order valence-electron chi connectivity index (χ2n) is 11.9. The van der Waals surface area contributed by atoms with Crippen molar-refractivity contribution >= 4 is 24.0 Å². The Bertz CT molecular complexity index is 1340. The molecule has 3 atom stereocenters. The summed E-state index contributed by atoms with van der Waals surface area (Å²) in [7, 11) is 0. The normalized spacial score (nSPS) is 27.8. The van der Waals surface area contributed by atoms with E-state index >= 15 is 0 Å². The molecule has 3 heterocycles. The van der Waals surface area contributed by atoms with E-state index in [2.05, 4.69) is 57.8 Å². The molecular formula is C30H37N5O2. The van der Waals surface area contributed by atoms with Gasteiger partial charge in [0.15, 0.2) is 0 Å². The smallest absolute Gasteiger partial charge is 0.244 e. The Morgan fingerprint density at radius 2 is 1.89 bits per heavy atom. The Morgan fingerprint density at radius 3 is 2.62 bits per heavy atom. The van der Waals surface area contributed by atoms with Crippen LogP contribution in [0.5, 0.6) is 0 Å². The average molecular weight is 500 g/mol. The highest BCUT2D eigenvalue weighted by molar-refractivity contribution is 5.92. The van der Waals surface area contributed by atoms with Crippen molar-refractivity contribution in [2.45, 2.75) is 62.6 Å². The zero-order valence-corrected chi connectivity index (χ0v) is 21.4. The number of likely N-dealkylation sites (tertiary alicyclic amines) is 1. The molecule has 2 aromatic rings. The number of nitrogens with one attached hydrogen (secondary N) is 2. The molecule has 7 rings (SSSR count). The van der Waals surface area contributed by atoms with Crippen LogP contribution in [0.25, 0.3) is 12.2 Å². The Morgan fingerprint density at radius 1 is 1.11 bits per heavy atom. The van der Waals surface area contributed by atoms with Gasteiger partial charge in [0.1, 0.15) is 11.7 Å². The van der Waals surface area contributed by atoms with Gasteiger partial charge in [-0.2, -0.15) is 0 Å². The van der Waals surface area contributed by atoms with E-state index in [-0.39, 0.29) is 23.5 Å². The lowest BCUT2D eigenvalue weighted by molar-refractivity contribution is -0.131. The van der Waals surface area contributed by atoms with Crippen LogP contribution in [0.1, 0.15) is 67.3 Å². The fourth-order valence-electron chi connectivity index (χ4n) is 6.67. The third-order valence-electron chi connectivity index (χ3n) is 9.20. The van der Waals surface area contributed by atoms with Gasteiger partial charge in [0.05, 0.1) is 0 Å². The molecule has 0 radical (unpaired) electrons. The monoisotopic (exact) mass is 499 g/mol. The molecule has 7 nitrogen and oxygen atoms in total. The Balaban J connectivity index is 1.08. The molecule has 0 bridgehead atoms. The van der Waals surface area contributed by atoms with Crippen molar-refractivity contribution in [3.8, 4) is 0 Å². The van der Waals surface area contributed by atoms with E-state index in [0.29, 0.717) is 24.3 Å². The summed E-state index contributed by atoms with van der Waals surface area (Å²) < 4.78 is 0. The first-order valence-corrected chi connectivity index (χ1v) is 14.1. The lowest BCUT2D eigenvalue weighted by atomic mass is 9.90. The van der Waals surface area contributed by atoms with Crippen LogP contribution in [0.4, 0.5) is 0 Å². The Kier molecular flexibility index (Phi) is 5.55. The van der Waals surface area contributed by atoms with Crippen molar-refractivity contribution in [3.05, 3.63) is 57.7 Å². The number of hydrogen-bond acceptors (Lipinski definition) is 4. The van der Waals surface area contributed by atoms with E-state index in [9.17, 15) is 9.59 Å². The molecule has 2 saturated carbocycles. The highest BCUT2D eigenvalue weighted by Gasteiger charge is 2.59. The number of rotatable bonds is 7. The van der Waals surface area contributed by atoms with Crippen molar-refractivity contribution in [2.24, 2.45) is 17.6 Å². The quantitative estimate of drug-likeness (QED) is 0.538. The number of fused-ring (bicyclic) bond motifs is 1. The summed E-state index contributed by atoms with van der Waals surface area (Å²) in [6.45, 7) is 3.00. The summed E-state index contributed by atoms with van der Waals surface area (Å²) in [4.78, 5) is 33.5. The van der Waals surface area contributed by atoms with E-state index in [1.807, 2.05) is 4.90 Å². The van der Waals surface area contributed by atoms with Crippen molar-refractivity contribution in [2.75, 3.05) is 26.2 Å². The van der Waals surface area contributed by atoms with Gasteiger partial charge in [-0.05, 0) is 79.3 Å². The number of amides is 2. The summed E-state index contributed by atoms with van der Waals surface area (Å²) in [5.74, 6) is 1.54.